The van der Waals surface area contributed by atoms with Gasteiger partial charge in [0, 0.05) is 49.1 Å². The fourth-order valence-corrected chi connectivity index (χ4v) is 9.44. The van der Waals surface area contributed by atoms with Crippen LogP contribution in [0.4, 0.5) is 0 Å². The molecule has 9 aromatic carbocycles. The van der Waals surface area contributed by atoms with Crippen molar-refractivity contribution in [3.05, 3.63) is 212 Å². The summed E-state index contributed by atoms with van der Waals surface area (Å²) in [7, 11) is 0. The highest BCUT2D eigenvalue weighted by Gasteiger charge is 2.21. The SMILES string of the molecule is c1ccc(-c2cccc(-c3nc(-c4ccc5c(c4)oc4cc6c7ccccc7n(-c7cccc(-c8ccccc8)c7)c6cc45)nc(-n4c5ccccc5c5ccccc54)n3)c2)cc1. The van der Waals surface area contributed by atoms with E-state index in [-0.39, 0.29) is 0 Å². The van der Waals surface area contributed by atoms with Crippen molar-refractivity contribution in [2.75, 3.05) is 0 Å². The Kier molecular flexibility index (Phi) is 7.80. The van der Waals surface area contributed by atoms with Crippen LogP contribution in [0, 0.1) is 0 Å². The minimum absolute atomic E-state index is 0.550. The third-order valence-corrected chi connectivity index (χ3v) is 12.4. The molecule has 0 aliphatic heterocycles. The van der Waals surface area contributed by atoms with Gasteiger partial charge in [-0.3, -0.25) is 4.57 Å². The molecule has 0 radical (unpaired) electrons. The Morgan fingerprint density at radius 3 is 1.46 bits per heavy atom. The van der Waals surface area contributed by atoms with Gasteiger partial charge < -0.3 is 8.98 Å². The third-order valence-electron chi connectivity index (χ3n) is 12.4. The lowest BCUT2D eigenvalue weighted by Crippen LogP contribution is -2.06. The van der Waals surface area contributed by atoms with Gasteiger partial charge in [0.1, 0.15) is 11.2 Å². The standard InChI is InChI=1S/C57H35N5O/c1-3-15-36(16-4-1)38-19-13-21-40(31-38)55-58-56(60-57(59-55)62-50-27-11-7-23-43(50)44-24-8-12-28-51(44)62)41-29-30-46-48-34-52-47(35-54(48)63-53(46)33-41)45-25-9-10-26-49(45)61(52)42-22-14-20-39(32-42)37-17-5-2-6-18-37/h1-35H. The van der Waals surface area contributed by atoms with Crippen LogP contribution in [-0.2, 0) is 0 Å². The molecule has 0 aliphatic carbocycles. The van der Waals surface area contributed by atoms with Gasteiger partial charge in [-0.25, -0.2) is 4.98 Å². The quantitative estimate of drug-likeness (QED) is 0.168. The summed E-state index contributed by atoms with van der Waals surface area (Å²) in [6, 6.07) is 74.5. The largest absolute Gasteiger partial charge is 0.456 e. The van der Waals surface area contributed by atoms with E-state index < -0.39 is 0 Å². The lowest BCUT2D eigenvalue weighted by molar-refractivity contribution is 0.669. The molecule has 63 heavy (non-hydrogen) atoms. The molecule has 0 N–H and O–H groups in total. The van der Waals surface area contributed by atoms with Crippen LogP contribution in [0.15, 0.2) is 217 Å². The second kappa shape index (κ2) is 14.0. The van der Waals surface area contributed by atoms with Crippen LogP contribution in [0.3, 0.4) is 0 Å². The summed E-state index contributed by atoms with van der Waals surface area (Å²) in [6.07, 6.45) is 0. The molecular weight excluding hydrogens is 771 g/mol. The van der Waals surface area contributed by atoms with Gasteiger partial charge in [0.15, 0.2) is 11.6 Å². The highest BCUT2D eigenvalue weighted by atomic mass is 16.3. The molecule has 0 saturated carbocycles. The van der Waals surface area contributed by atoms with Crippen LogP contribution in [0.5, 0.6) is 0 Å². The van der Waals surface area contributed by atoms with Crippen molar-refractivity contribution in [2.24, 2.45) is 0 Å². The Balaban J connectivity index is 0.997. The van der Waals surface area contributed by atoms with E-state index in [1.54, 1.807) is 0 Å². The summed E-state index contributed by atoms with van der Waals surface area (Å²) in [6.45, 7) is 0. The van der Waals surface area contributed by atoms with E-state index in [4.69, 9.17) is 19.4 Å². The van der Waals surface area contributed by atoms with E-state index in [0.717, 1.165) is 88.1 Å². The minimum atomic E-state index is 0.550. The number of furan rings is 1. The lowest BCUT2D eigenvalue weighted by atomic mass is 10.0. The second-order valence-electron chi connectivity index (χ2n) is 16.0. The topological polar surface area (TPSA) is 61.7 Å². The number of hydrogen-bond acceptors (Lipinski definition) is 4. The Morgan fingerprint density at radius 2 is 0.794 bits per heavy atom. The molecule has 0 spiro atoms. The zero-order valence-corrected chi connectivity index (χ0v) is 33.9. The molecular formula is C57H35N5O. The van der Waals surface area contributed by atoms with Crippen LogP contribution in [0.1, 0.15) is 0 Å². The van der Waals surface area contributed by atoms with Crippen LogP contribution < -0.4 is 0 Å². The Hall–Kier alpha value is -8.61. The number of rotatable bonds is 6. The summed E-state index contributed by atoms with van der Waals surface area (Å²) in [4.78, 5) is 15.7. The predicted octanol–water partition coefficient (Wildman–Crippen LogP) is 14.6. The van der Waals surface area contributed by atoms with Crippen molar-refractivity contribution in [1.29, 1.82) is 0 Å². The minimum Gasteiger partial charge on any atom is -0.456 e. The normalized spacial score (nSPS) is 11.8. The lowest BCUT2D eigenvalue weighted by Gasteiger charge is -2.11. The summed E-state index contributed by atoms with van der Waals surface area (Å²) < 4.78 is 11.3. The van der Waals surface area contributed by atoms with Crippen LogP contribution >= 0.6 is 0 Å². The first-order chi connectivity index (χ1) is 31.2. The zero-order valence-electron chi connectivity index (χ0n) is 33.9. The van der Waals surface area contributed by atoms with Crippen LogP contribution in [-0.4, -0.2) is 24.1 Å². The van der Waals surface area contributed by atoms with E-state index in [1.165, 1.54) is 16.5 Å². The Morgan fingerprint density at radius 1 is 0.286 bits per heavy atom. The first-order valence-corrected chi connectivity index (χ1v) is 21.2. The van der Waals surface area contributed by atoms with E-state index in [0.29, 0.717) is 17.6 Å². The van der Waals surface area contributed by atoms with Gasteiger partial charge in [0.05, 0.1) is 22.1 Å². The Labute approximate surface area is 361 Å². The molecule has 0 fully saturated rings. The van der Waals surface area contributed by atoms with Crippen molar-refractivity contribution >= 4 is 65.6 Å². The zero-order chi connectivity index (χ0) is 41.4. The molecule has 6 nitrogen and oxygen atoms in total. The van der Waals surface area contributed by atoms with Gasteiger partial charge >= 0.3 is 0 Å². The van der Waals surface area contributed by atoms with Crippen LogP contribution in [0.2, 0.25) is 0 Å². The maximum atomic E-state index is 6.78. The second-order valence-corrected chi connectivity index (χ2v) is 16.0. The Bertz CT molecular complexity index is 3860. The molecule has 0 aliphatic rings. The predicted molar refractivity (Wildman–Crippen MR) is 258 cm³/mol. The summed E-state index contributed by atoms with van der Waals surface area (Å²) >= 11 is 0. The van der Waals surface area contributed by atoms with E-state index in [1.807, 2.05) is 6.07 Å². The van der Waals surface area contributed by atoms with Crippen molar-refractivity contribution < 1.29 is 4.42 Å². The highest BCUT2D eigenvalue weighted by molar-refractivity contribution is 6.17. The highest BCUT2D eigenvalue weighted by Crippen LogP contribution is 2.40. The molecule has 4 aromatic heterocycles. The molecule has 0 bridgehead atoms. The number of fused-ring (bicyclic) bond motifs is 9. The fraction of sp³-hybridized carbons (Fsp3) is 0. The molecule has 4 heterocycles. The molecule has 0 unspecified atom stereocenters. The van der Waals surface area contributed by atoms with Gasteiger partial charge in [0.25, 0.3) is 0 Å². The first-order valence-electron chi connectivity index (χ1n) is 21.2. The van der Waals surface area contributed by atoms with Crippen LogP contribution in [0.25, 0.3) is 122 Å². The fourth-order valence-electron chi connectivity index (χ4n) is 9.44. The number of nitrogens with zero attached hydrogens (tertiary/aromatic N) is 5. The monoisotopic (exact) mass is 805 g/mol. The van der Waals surface area contributed by atoms with Gasteiger partial charge in [-0.05, 0) is 82.9 Å². The molecule has 13 aromatic rings. The number of para-hydroxylation sites is 3. The average Bonchev–Trinajstić information content (AvgIpc) is 4.00. The van der Waals surface area contributed by atoms with Crippen molar-refractivity contribution in [1.82, 2.24) is 24.1 Å². The van der Waals surface area contributed by atoms with Crippen molar-refractivity contribution in [3.8, 4) is 56.7 Å². The number of aromatic nitrogens is 5. The van der Waals surface area contributed by atoms with Gasteiger partial charge in [-0.1, -0.05) is 152 Å². The van der Waals surface area contributed by atoms with E-state index in [9.17, 15) is 0 Å². The molecule has 0 atom stereocenters. The van der Waals surface area contributed by atoms with Gasteiger partial charge in [0.2, 0.25) is 5.95 Å². The van der Waals surface area contributed by atoms with E-state index >= 15 is 0 Å². The molecule has 0 saturated heterocycles. The van der Waals surface area contributed by atoms with E-state index in [2.05, 4.69) is 215 Å². The smallest absolute Gasteiger partial charge is 0.238 e. The number of benzene rings is 9. The molecule has 0 amide bonds. The summed E-state index contributed by atoms with van der Waals surface area (Å²) in [5.41, 5.74) is 13.4. The molecule has 294 valence electrons. The molecule has 6 heteroatoms. The molecule has 13 rings (SSSR count). The summed E-state index contributed by atoms with van der Waals surface area (Å²) in [5.74, 6) is 1.70. The van der Waals surface area contributed by atoms with Gasteiger partial charge in [-0.15, -0.1) is 0 Å². The first kappa shape index (κ1) is 35.2. The number of hydrogen-bond donors (Lipinski definition) is 0. The third kappa shape index (κ3) is 5.69. The average molecular weight is 806 g/mol. The van der Waals surface area contributed by atoms with Crippen molar-refractivity contribution in [3.63, 3.8) is 0 Å². The van der Waals surface area contributed by atoms with Gasteiger partial charge in [-0.2, -0.15) is 9.97 Å². The summed E-state index contributed by atoms with van der Waals surface area (Å²) in [5, 5.41) is 6.67. The maximum Gasteiger partial charge on any atom is 0.238 e. The maximum absolute atomic E-state index is 6.78. The van der Waals surface area contributed by atoms with Crippen molar-refractivity contribution in [2.45, 2.75) is 0 Å².